The van der Waals surface area contributed by atoms with E-state index in [2.05, 4.69) is 26.0 Å². The number of amides is 2. The van der Waals surface area contributed by atoms with Crippen molar-refractivity contribution in [2.75, 3.05) is 17.2 Å². The fraction of sp³-hybridized carbons (Fsp3) is 0.0667. The van der Waals surface area contributed by atoms with E-state index in [-0.39, 0.29) is 18.4 Å². The summed E-state index contributed by atoms with van der Waals surface area (Å²) < 4.78 is 5.28. The van der Waals surface area contributed by atoms with E-state index in [1.807, 2.05) is 0 Å². The van der Waals surface area contributed by atoms with Crippen LogP contribution in [0.25, 0.3) is 11.0 Å². The first-order chi connectivity index (χ1) is 11.2. The lowest BCUT2D eigenvalue weighted by molar-refractivity contribution is -0.118. The lowest BCUT2D eigenvalue weighted by Crippen LogP contribution is -2.25. The number of carbonyl (C=O) groups excluding carboxylic acids is 2. The van der Waals surface area contributed by atoms with Crippen LogP contribution in [0.2, 0.25) is 0 Å². The van der Waals surface area contributed by atoms with Gasteiger partial charge in [0.2, 0.25) is 0 Å². The fourth-order valence-corrected chi connectivity index (χ4v) is 2.35. The molecule has 1 aromatic heterocycles. The third kappa shape index (κ3) is 2.46. The SMILES string of the molecule is O=C1COc2ccc(NC(=O)c3ccc4[nH]nnc4c3)cc2N1. The van der Waals surface area contributed by atoms with Gasteiger partial charge in [0, 0.05) is 11.3 Å². The lowest BCUT2D eigenvalue weighted by Gasteiger charge is -2.18. The molecule has 0 bridgehead atoms. The molecule has 0 saturated heterocycles. The predicted molar refractivity (Wildman–Crippen MR) is 82.4 cm³/mol. The Balaban J connectivity index is 1.58. The molecule has 2 aromatic carbocycles. The number of rotatable bonds is 2. The van der Waals surface area contributed by atoms with E-state index in [0.29, 0.717) is 28.2 Å². The molecule has 2 heterocycles. The van der Waals surface area contributed by atoms with Crippen LogP contribution in [0, 0.1) is 0 Å². The van der Waals surface area contributed by atoms with Crippen LogP contribution in [0.5, 0.6) is 5.75 Å². The first-order valence-electron chi connectivity index (χ1n) is 6.88. The zero-order valence-corrected chi connectivity index (χ0v) is 11.8. The molecule has 2 amide bonds. The monoisotopic (exact) mass is 309 g/mol. The Morgan fingerprint density at radius 2 is 2.13 bits per heavy atom. The first-order valence-corrected chi connectivity index (χ1v) is 6.88. The van der Waals surface area contributed by atoms with Gasteiger partial charge < -0.3 is 15.4 Å². The Bertz CT molecular complexity index is 934. The molecule has 3 N–H and O–H groups in total. The summed E-state index contributed by atoms with van der Waals surface area (Å²) in [5.74, 6) is 0.0713. The van der Waals surface area contributed by atoms with Gasteiger partial charge in [0.05, 0.1) is 11.2 Å². The Morgan fingerprint density at radius 1 is 1.22 bits per heavy atom. The van der Waals surface area contributed by atoms with Crippen LogP contribution < -0.4 is 15.4 Å². The van der Waals surface area contributed by atoms with Crippen molar-refractivity contribution in [2.24, 2.45) is 0 Å². The minimum absolute atomic E-state index is 0.00355. The molecule has 0 fully saturated rings. The first kappa shape index (κ1) is 13.3. The third-order valence-corrected chi connectivity index (χ3v) is 3.46. The largest absolute Gasteiger partial charge is 0.482 e. The van der Waals surface area contributed by atoms with Crippen LogP contribution in [0.3, 0.4) is 0 Å². The van der Waals surface area contributed by atoms with Crippen LogP contribution in [0.1, 0.15) is 10.4 Å². The van der Waals surface area contributed by atoms with Crippen molar-refractivity contribution < 1.29 is 14.3 Å². The molecule has 8 heteroatoms. The summed E-state index contributed by atoms with van der Waals surface area (Å²) in [6.45, 7) is -0.00355. The van der Waals surface area contributed by atoms with Crippen LogP contribution in [0.4, 0.5) is 11.4 Å². The van der Waals surface area contributed by atoms with Gasteiger partial charge in [0.1, 0.15) is 11.3 Å². The van der Waals surface area contributed by atoms with Crippen LogP contribution in [-0.2, 0) is 4.79 Å². The van der Waals surface area contributed by atoms with E-state index >= 15 is 0 Å². The number of carbonyl (C=O) groups is 2. The Morgan fingerprint density at radius 3 is 3.04 bits per heavy atom. The van der Waals surface area contributed by atoms with Gasteiger partial charge in [0.25, 0.3) is 11.8 Å². The molecule has 0 radical (unpaired) electrons. The zero-order chi connectivity index (χ0) is 15.8. The standard InChI is InChI=1S/C15H11N5O3/c21-14-7-23-13-4-2-9(6-12(13)17-14)16-15(22)8-1-3-10-11(5-8)19-20-18-10/h1-6H,7H2,(H,16,22)(H,17,21)(H,18,19,20). The van der Waals surface area contributed by atoms with E-state index in [9.17, 15) is 9.59 Å². The van der Waals surface area contributed by atoms with Gasteiger partial charge in [-0.05, 0) is 36.4 Å². The number of aromatic amines is 1. The van der Waals surface area contributed by atoms with Gasteiger partial charge in [-0.15, -0.1) is 5.10 Å². The minimum atomic E-state index is -0.280. The van der Waals surface area contributed by atoms with E-state index in [0.717, 1.165) is 5.52 Å². The Labute approximate surface area is 129 Å². The van der Waals surface area contributed by atoms with Crippen molar-refractivity contribution in [1.29, 1.82) is 0 Å². The van der Waals surface area contributed by atoms with Gasteiger partial charge >= 0.3 is 0 Å². The fourth-order valence-electron chi connectivity index (χ4n) is 2.35. The van der Waals surface area contributed by atoms with Gasteiger partial charge in [0.15, 0.2) is 6.61 Å². The average molecular weight is 309 g/mol. The molecule has 0 spiro atoms. The number of hydrogen-bond donors (Lipinski definition) is 3. The second-order valence-electron chi connectivity index (χ2n) is 5.05. The van der Waals surface area contributed by atoms with E-state index in [4.69, 9.17) is 4.74 Å². The highest BCUT2D eigenvalue weighted by Crippen LogP contribution is 2.30. The van der Waals surface area contributed by atoms with Gasteiger partial charge in [-0.2, -0.15) is 0 Å². The molecule has 0 saturated carbocycles. The number of hydrogen-bond acceptors (Lipinski definition) is 5. The van der Waals surface area contributed by atoms with Crippen molar-refractivity contribution in [3.63, 3.8) is 0 Å². The average Bonchev–Trinajstić information content (AvgIpc) is 3.02. The van der Waals surface area contributed by atoms with Gasteiger partial charge in [-0.1, -0.05) is 5.21 Å². The Hall–Kier alpha value is -3.42. The summed E-state index contributed by atoms with van der Waals surface area (Å²) in [6.07, 6.45) is 0. The van der Waals surface area contributed by atoms with Crippen molar-refractivity contribution in [1.82, 2.24) is 15.4 Å². The second kappa shape index (κ2) is 5.09. The highest BCUT2D eigenvalue weighted by molar-refractivity contribution is 6.06. The molecule has 1 aliphatic rings. The topological polar surface area (TPSA) is 109 Å². The van der Waals surface area contributed by atoms with Crippen LogP contribution in [-0.4, -0.2) is 33.8 Å². The maximum Gasteiger partial charge on any atom is 0.262 e. The van der Waals surface area contributed by atoms with E-state index < -0.39 is 0 Å². The number of benzene rings is 2. The van der Waals surface area contributed by atoms with Crippen LogP contribution >= 0.6 is 0 Å². The molecule has 23 heavy (non-hydrogen) atoms. The number of H-pyrrole nitrogens is 1. The molecule has 3 aromatic rings. The summed E-state index contributed by atoms with van der Waals surface area (Å²) in [4.78, 5) is 23.7. The van der Waals surface area contributed by atoms with Gasteiger partial charge in [-0.3, -0.25) is 14.7 Å². The van der Waals surface area contributed by atoms with Crippen molar-refractivity contribution in [3.05, 3.63) is 42.0 Å². The highest BCUT2D eigenvalue weighted by atomic mass is 16.5. The number of nitrogens with one attached hydrogen (secondary N) is 3. The van der Waals surface area contributed by atoms with Crippen molar-refractivity contribution in [2.45, 2.75) is 0 Å². The summed E-state index contributed by atoms with van der Waals surface area (Å²) in [5.41, 5.74) is 2.93. The van der Waals surface area contributed by atoms with Crippen LogP contribution in [0.15, 0.2) is 36.4 Å². The van der Waals surface area contributed by atoms with Crippen molar-refractivity contribution in [3.8, 4) is 5.75 Å². The Kier molecular flexibility index (Phi) is 2.94. The smallest absolute Gasteiger partial charge is 0.262 e. The van der Waals surface area contributed by atoms with E-state index in [1.165, 1.54) is 0 Å². The zero-order valence-electron chi connectivity index (χ0n) is 11.8. The summed E-state index contributed by atoms with van der Waals surface area (Å²) in [5, 5.41) is 15.8. The molecule has 114 valence electrons. The number of ether oxygens (including phenoxy) is 1. The second-order valence-corrected chi connectivity index (χ2v) is 5.05. The number of anilines is 2. The molecule has 0 unspecified atom stereocenters. The summed E-state index contributed by atoms with van der Waals surface area (Å²) in [7, 11) is 0. The molecule has 0 aliphatic carbocycles. The third-order valence-electron chi connectivity index (χ3n) is 3.46. The van der Waals surface area contributed by atoms with E-state index in [1.54, 1.807) is 36.4 Å². The number of aromatic nitrogens is 3. The number of nitrogens with zero attached hydrogens (tertiary/aromatic N) is 2. The highest BCUT2D eigenvalue weighted by Gasteiger charge is 2.17. The van der Waals surface area contributed by atoms with Crippen molar-refractivity contribution >= 4 is 34.2 Å². The molecular formula is C15H11N5O3. The molecule has 1 aliphatic heterocycles. The molecule has 4 rings (SSSR count). The molecule has 0 atom stereocenters. The quantitative estimate of drug-likeness (QED) is 0.665. The minimum Gasteiger partial charge on any atom is -0.482 e. The summed E-state index contributed by atoms with van der Waals surface area (Å²) in [6, 6.07) is 10.1. The van der Waals surface area contributed by atoms with Gasteiger partial charge in [-0.25, -0.2) is 0 Å². The maximum absolute atomic E-state index is 12.3. The molecular weight excluding hydrogens is 298 g/mol. The molecule has 8 nitrogen and oxygen atoms in total. The maximum atomic E-state index is 12.3. The predicted octanol–water partition coefficient (Wildman–Crippen LogP) is 1.54. The number of fused-ring (bicyclic) bond motifs is 2. The summed E-state index contributed by atoms with van der Waals surface area (Å²) >= 11 is 0. The normalized spacial score (nSPS) is 13.1. The lowest BCUT2D eigenvalue weighted by atomic mass is 10.1.